The Bertz CT molecular complexity index is 395. The van der Waals surface area contributed by atoms with Crippen molar-refractivity contribution in [3.8, 4) is 0 Å². The molecule has 5 heteroatoms. The minimum Gasteiger partial charge on any atom is -0.314 e. The van der Waals surface area contributed by atoms with Crippen LogP contribution >= 0.6 is 0 Å². The molecule has 0 aromatic heterocycles. The molecule has 0 radical (unpaired) electrons. The molecule has 0 atom stereocenters. The van der Waals surface area contributed by atoms with E-state index in [2.05, 4.69) is 10.0 Å². The van der Waals surface area contributed by atoms with Gasteiger partial charge in [0.05, 0.1) is 5.25 Å². The first-order valence-corrected chi connectivity index (χ1v) is 10.3. The molecule has 124 valence electrons. The van der Waals surface area contributed by atoms with Gasteiger partial charge in [-0.2, -0.15) is 0 Å². The van der Waals surface area contributed by atoms with Gasteiger partial charge in [0.15, 0.2) is 0 Å². The van der Waals surface area contributed by atoms with E-state index in [0.717, 1.165) is 44.2 Å². The van der Waals surface area contributed by atoms with E-state index in [9.17, 15) is 8.42 Å². The highest BCUT2D eigenvalue weighted by atomic mass is 32.2. The topological polar surface area (TPSA) is 58.2 Å². The SMILES string of the molecule is CC(C)S(=O)(=O)N[C@H]1CC[C@H](CNC2CCCCC2)CC1. The predicted octanol–water partition coefficient (Wildman–Crippen LogP) is 2.80. The quantitative estimate of drug-likeness (QED) is 0.792. The molecule has 21 heavy (non-hydrogen) atoms. The highest BCUT2D eigenvalue weighted by molar-refractivity contribution is 7.90. The minimum absolute atomic E-state index is 0.156. The van der Waals surface area contributed by atoms with Gasteiger partial charge in [0.1, 0.15) is 0 Å². The first-order chi connectivity index (χ1) is 9.97. The molecular weight excluding hydrogens is 284 g/mol. The van der Waals surface area contributed by atoms with Crippen molar-refractivity contribution in [1.29, 1.82) is 0 Å². The highest BCUT2D eigenvalue weighted by Crippen LogP contribution is 2.25. The molecule has 2 N–H and O–H groups in total. The van der Waals surface area contributed by atoms with Gasteiger partial charge in [-0.3, -0.25) is 0 Å². The molecule has 0 aromatic carbocycles. The molecule has 0 amide bonds. The van der Waals surface area contributed by atoms with Crippen LogP contribution in [0.3, 0.4) is 0 Å². The van der Waals surface area contributed by atoms with Crippen molar-refractivity contribution in [1.82, 2.24) is 10.0 Å². The van der Waals surface area contributed by atoms with Crippen LogP contribution in [0.15, 0.2) is 0 Å². The molecule has 0 saturated heterocycles. The van der Waals surface area contributed by atoms with E-state index >= 15 is 0 Å². The fourth-order valence-electron chi connectivity index (χ4n) is 3.49. The Labute approximate surface area is 130 Å². The maximum Gasteiger partial charge on any atom is 0.214 e. The van der Waals surface area contributed by atoms with Crippen molar-refractivity contribution in [2.45, 2.75) is 89.0 Å². The lowest BCUT2D eigenvalue weighted by molar-refractivity contribution is 0.277. The number of hydrogen-bond acceptors (Lipinski definition) is 3. The molecule has 0 heterocycles. The van der Waals surface area contributed by atoms with Gasteiger partial charge in [-0.1, -0.05) is 19.3 Å². The fraction of sp³-hybridized carbons (Fsp3) is 1.00. The van der Waals surface area contributed by atoms with Crippen LogP contribution in [0.4, 0.5) is 0 Å². The lowest BCUT2D eigenvalue weighted by Gasteiger charge is -2.31. The summed E-state index contributed by atoms with van der Waals surface area (Å²) < 4.78 is 26.7. The first kappa shape index (κ1) is 17.2. The van der Waals surface area contributed by atoms with Gasteiger partial charge in [-0.25, -0.2) is 13.1 Å². The van der Waals surface area contributed by atoms with Crippen LogP contribution in [0.5, 0.6) is 0 Å². The highest BCUT2D eigenvalue weighted by Gasteiger charge is 2.26. The van der Waals surface area contributed by atoms with Gasteiger partial charge in [0, 0.05) is 12.1 Å². The average molecular weight is 317 g/mol. The predicted molar refractivity (Wildman–Crippen MR) is 87.8 cm³/mol. The Balaban J connectivity index is 1.66. The Morgan fingerprint density at radius 2 is 1.52 bits per heavy atom. The third-order valence-electron chi connectivity index (χ3n) is 5.10. The zero-order valence-corrected chi connectivity index (χ0v) is 14.4. The largest absolute Gasteiger partial charge is 0.314 e. The number of rotatable bonds is 6. The van der Waals surface area contributed by atoms with E-state index in [1.54, 1.807) is 13.8 Å². The summed E-state index contributed by atoms with van der Waals surface area (Å²) in [4.78, 5) is 0. The van der Waals surface area contributed by atoms with Crippen LogP contribution in [-0.4, -0.2) is 32.3 Å². The normalized spacial score (nSPS) is 28.9. The zero-order valence-electron chi connectivity index (χ0n) is 13.6. The van der Waals surface area contributed by atoms with Crippen LogP contribution in [0, 0.1) is 5.92 Å². The van der Waals surface area contributed by atoms with Gasteiger partial charge in [0.2, 0.25) is 10.0 Å². The molecule has 2 saturated carbocycles. The molecule has 2 aliphatic rings. The van der Waals surface area contributed by atoms with Crippen LogP contribution in [0.25, 0.3) is 0 Å². The summed E-state index contributed by atoms with van der Waals surface area (Å²) in [5, 5.41) is 3.40. The van der Waals surface area contributed by atoms with Crippen molar-refractivity contribution in [3.63, 3.8) is 0 Å². The van der Waals surface area contributed by atoms with E-state index in [-0.39, 0.29) is 11.3 Å². The lowest BCUT2D eigenvalue weighted by Crippen LogP contribution is -2.42. The summed E-state index contributed by atoms with van der Waals surface area (Å²) in [6.45, 7) is 4.60. The number of sulfonamides is 1. The van der Waals surface area contributed by atoms with E-state index < -0.39 is 10.0 Å². The third-order valence-corrected chi connectivity index (χ3v) is 7.00. The minimum atomic E-state index is -3.11. The monoisotopic (exact) mass is 316 g/mol. The summed E-state index contributed by atoms with van der Waals surface area (Å²) >= 11 is 0. The lowest BCUT2D eigenvalue weighted by atomic mass is 9.86. The third kappa shape index (κ3) is 5.53. The van der Waals surface area contributed by atoms with Gasteiger partial charge < -0.3 is 5.32 Å². The van der Waals surface area contributed by atoms with Crippen LogP contribution in [0.2, 0.25) is 0 Å². The van der Waals surface area contributed by atoms with Crippen molar-refractivity contribution in [2.24, 2.45) is 5.92 Å². The van der Waals surface area contributed by atoms with E-state index in [4.69, 9.17) is 0 Å². The second-order valence-electron chi connectivity index (χ2n) is 7.17. The van der Waals surface area contributed by atoms with Gasteiger partial charge in [0.25, 0.3) is 0 Å². The molecule has 0 unspecified atom stereocenters. The summed E-state index contributed by atoms with van der Waals surface area (Å²) in [5.41, 5.74) is 0. The first-order valence-electron chi connectivity index (χ1n) is 8.72. The number of hydrogen-bond donors (Lipinski definition) is 2. The second-order valence-corrected chi connectivity index (χ2v) is 9.44. The Morgan fingerprint density at radius 3 is 2.10 bits per heavy atom. The summed E-state index contributed by atoms with van der Waals surface area (Å²) in [6.07, 6.45) is 11.1. The summed E-state index contributed by atoms with van der Waals surface area (Å²) in [6, 6.07) is 0.888. The average Bonchev–Trinajstić information content (AvgIpc) is 2.47. The van der Waals surface area contributed by atoms with E-state index in [1.165, 1.54) is 32.1 Å². The van der Waals surface area contributed by atoms with Crippen molar-refractivity contribution >= 4 is 10.0 Å². The molecule has 0 spiro atoms. The van der Waals surface area contributed by atoms with Crippen LogP contribution < -0.4 is 10.0 Å². The smallest absolute Gasteiger partial charge is 0.214 e. The van der Waals surface area contributed by atoms with Gasteiger partial charge in [-0.15, -0.1) is 0 Å². The standard InChI is InChI=1S/C16H32N2O2S/c1-13(2)21(19,20)18-16-10-8-14(9-11-16)12-17-15-6-4-3-5-7-15/h13-18H,3-12H2,1-2H3/t14-,16-. The molecule has 0 aliphatic heterocycles. The van der Waals surface area contributed by atoms with E-state index in [1.807, 2.05) is 0 Å². The maximum absolute atomic E-state index is 11.9. The Hall–Kier alpha value is -0.130. The molecule has 0 bridgehead atoms. The van der Waals surface area contributed by atoms with Gasteiger partial charge in [-0.05, 0) is 64.8 Å². The van der Waals surface area contributed by atoms with Crippen molar-refractivity contribution in [3.05, 3.63) is 0 Å². The van der Waals surface area contributed by atoms with Gasteiger partial charge >= 0.3 is 0 Å². The van der Waals surface area contributed by atoms with Crippen LogP contribution in [-0.2, 0) is 10.0 Å². The Kier molecular flexibility index (Phi) is 6.51. The molecule has 2 aliphatic carbocycles. The fourth-order valence-corrected chi connectivity index (χ4v) is 4.47. The molecule has 2 rings (SSSR count). The summed E-state index contributed by atoms with van der Waals surface area (Å²) in [5.74, 6) is 0.728. The van der Waals surface area contributed by atoms with E-state index in [0.29, 0.717) is 0 Å². The van der Waals surface area contributed by atoms with Crippen molar-refractivity contribution < 1.29 is 8.42 Å². The Morgan fingerprint density at radius 1 is 0.905 bits per heavy atom. The molecular formula is C16H32N2O2S. The molecule has 2 fully saturated rings. The second kappa shape index (κ2) is 7.93. The molecule has 4 nitrogen and oxygen atoms in total. The molecule has 0 aromatic rings. The van der Waals surface area contributed by atoms with Crippen LogP contribution in [0.1, 0.15) is 71.6 Å². The summed E-state index contributed by atoms with van der Waals surface area (Å²) in [7, 11) is -3.11. The number of nitrogens with one attached hydrogen (secondary N) is 2. The zero-order chi connectivity index (χ0) is 15.3. The maximum atomic E-state index is 11.9. The van der Waals surface area contributed by atoms with Crippen molar-refractivity contribution in [2.75, 3.05) is 6.54 Å².